The third kappa shape index (κ3) is 1.65. The molecule has 98 valence electrons. The van der Waals surface area contributed by atoms with Crippen LogP contribution in [0.15, 0.2) is 18.2 Å². The highest BCUT2D eigenvalue weighted by molar-refractivity contribution is 7.71. The van der Waals surface area contributed by atoms with Gasteiger partial charge in [-0.15, -0.1) is 0 Å². The number of benzene rings is 1. The predicted octanol–water partition coefficient (Wildman–Crippen LogP) is 3.35. The summed E-state index contributed by atoms with van der Waals surface area (Å²) in [6, 6.07) is 6.26. The van der Waals surface area contributed by atoms with Gasteiger partial charge in [-0.05, 0) is 50.2 Å². The molecule has 0 unspecified atom stereocenters. The molecule has 3 aromatic rings. The number of nitrogens with one attached hydrogen (secondary N) is 1. The van der Waals surface area contributed by atoms with E-state index < -0.39 is 0 Å². The van der Waals surface area contributed by atoms with Crippen molar-refractivity contribution in [3.8, 4) is 5.69 Å². The van der Waals surface area contributed by atoms with Crippen LogP contribution >= 0.6 is 12.2 Å². The normalized spacial score (nSPS) is 11.4. The van der Waals surface area contributed by atoms with Crippen molar-refractivity contribution in [2.45, 2.75) is 20.8 Å². The third-order valence-corrected chi connectivity index (χ3v) is 3.94. The Hall–Kier alpha value is -1.88. The highest BCUT2D eigenvalue weighted by Crippen LogP contribution is 2.24. The van der Waals surface area contributed by atoms with Crippen LogP contribution in [0.25, 0.3) is 16.9 Å². The van der Waals surface area contributed by atoms with Crippen LogP contribution < -0.4 is 0 Å². The zero-order chi connectivity index (χ0) is 13.7. The van der Waals surface area contributed by atoms with E-state index in [-0.39, 0.29) is 0 Å². The largest absolute Gasteiger partial charge is 0.327 e. The Kier molecular flexibility index (Phi) is 2.60. The SMILES string of the molecule is Cc1cccc(-n2c(=S)[nH]c3c(C)nn(C)c32)c1C. The van der Waals surface area contributed by atoms with Crippen molar-refractivity contribution in [3.05, 3.63) is 39.8 Å². The minimum Gasteiger partial charge on any atom is -0.327 e. The smallest absolute Gasteiger partial charge is 0.184 e. The van der Waals surface area contributed by atoms with Crippen LogP contribution in [0, 0.1) is 25.5 Å². The molecular weight excluding hydrogens is 256 g/mol. The third-order valence-electron chi connectivity index (χ3n) is 3.66. The Morgan fingerprint density at radius 3 is 2.68 bits per heavy atom. The average Bonchev–Trinajstić information content (AvgIpc) is 2.82. The summed E-state index contributed by atoms with van der Waals surface area (Å²) in [5.74, 6) is 0. The molecule has 19 heavy (non-hydrogen) atoms. The number of imidazole rings is 1. The van der Waals surface area contributed by atoms with E-state index in [0.717, 1.165) is 22.5 Å². The molecule has 2 aromatic heterocycles. The molecule has 0 atom stereocenters. The van der Waals surface area contributed by atoms with Gasteiger partial charge in [0.25, 0.3) is 0 Å². The molecule has 0 spiro atoms. The van der Waals surface area contributed by atoms with Gasteiger partial charge in [-0.25, -0.2) is 4.68 Å². The lowest BCUT2D eigenvalue weighted by atomic mass is 10.1. The molecule has 0 saturated carbocycles. The van der Waals surface area contributed by atoms with Gasteiger partial charge >= 0.3 is 0 Å². The standard InChI is InChI=1S/C14H16N4S/c1-8-6-5-7-11(9(8)2)18-13-12(15-14(18)19)10(3)16-17(13)4/h5-7H,1-4H3,(H,15,19). The number of nitrogens with zero attached hydrogens (tertiary/aromatic N) is 3. The summed E-state index contributed by atoms with van der Waals surface area (Å²) >= 11 is 5.48. The highest BCUT2D eigenvalue weighted by atomic mass is 32.1. The van der Waals surface area contributed by atoms with Crippen LogP contribution in [0.1, 0.15) is 16.8 Å². The number of aromatic amines is 1. The summed E-state index contributed by atoms with van der Waals surface area (Å²) in [6.07, 6.45) is 0. The molecule has 0 fully saturated rings. The van der Waals surface area contributed by atoms with E-state index >= 15 is 0 Å². The monoisotopic (exact) mass is 272 g/mol. The molecule has 1 aromatic carbocycles. The minimum absolute atomic E-state index is 0.708. The van der Waals surface area contributed by atoms with Gasteiger partial charge < -0.3 is 4.98 Å². The van der Waals surface area contributed by atoms with Crippen molar-refractivity contribution >= 4 is 23.4 Å². The van der Waals surface area contributed by atoms with Crippen molar-refractivity contribution in [2.24, 2.45) is 7.05 Å². The molecule has 0 amide bonds. The van der Waals surface area contributed by atoms with Crippen LogP contribution in [-0.2, 0) is 7.05 Å². The lowest BCUT2D eigenvalue weighted by Gasteiger charge is -2.10. The van der Waals surface area contributed by atoms with Crippen molar-refractivity contribution in [1.82, 2.24) is 19.3 Å². The molecule has 0 aliphatic heterocycles. The second-order valence-corrected chi connectivity index (χ2v) is 5.28. The maximum Gasteiger partial charge on any atom is 0.184 e. The topological polar surface area (TPSA) is 38.5 Å². The molecule has 4 nitrogen and oxygen atoms in total. The molecule has 0 radical (unpaired) electrons. The summed E-state index contributed by atoms with van der Waals surface area (Å²) in [5, 5.41) is 4.45. The lowest BCUT2D eigenvalue weighted by Crippen LogP contribution is -2.03. The fourth-order valence-electron chi connectivity index (χ4n) is 2.51. The van der Waals surface area contributed by atoms with Crippen molar-refractivity contribution in [1.29, 1.82) is 0 Å². The van der Waals surface area contributed by atoms with Crippen molar-refractivity contribution in [2.75, 3.05) is 0 Å². The van der Waals surface area contributed by atoms with Gasteiger partial charge in [0.05, 0.1) is 11.4 Å². The Balaban J connectivity index is 2.46. The number of rotatable bonds is 1. The highest BCUT2D eigenvalue weighted by Gasteiger charge is 2.15. The molecular formula is C14H16N4S. The summed E-state index contributed by atoms with van der Waals surface area (Å²) < 4.78 is 4.64. The number of hydrogen-bond donors (Lipinski definition) is 1. The number of aromatic nitrogens is 4. The molecule has 0 aliphatic carbocycles. The van der Waals surface area contributed by atoms with E-state index in [1.54, 1.807) is 0 Å². The number of aryl methyl sites for hydroxylation is 3. The fraction of sp³-hybridized carbons (Fsp3) is 0.286. The average molecular weight is 272 g/mol. The number of fused-ring (bicyclic) bond motifs is 1. The van der Waals surface area contributed by atoms with E-state index in [1.165, 1.54) is 11.1 Å². The van der Waals surface area contributed by atoms with E-state index in [9.17, 15) is 0 Å². The summed E-state index contributed by atoms with van der Waals surface area (Å²) in [4.78, 5) is 3.26. The Bertz CT molecular complexity index is 835. The zero-order valence-electron chi connectivity index (χ0n) is 11.5. The van der Waals surface area contributed by atoms with Gasteiger partial charge in [0.15, 0.2) is 10.4 Å². The second kappa shape index (κ2) is 4.06. The van der Waals surface area contributed by atoms with Gasteiger partial charge in [0.2, 0.25) is 0 Å². The van der Waals surface area contributed by atoms with Crippen LogP contribution in [0.2, 0.25) is 0 Å². The summed E-state index contributed by atoms with van der Waals surface area (Å²) in [5.41, 5.74) is 6.59. The Labute approximate surface area is 116 Å². The first-order valence-electron chi connectivity index (χ1n) is 6.21. The van der Waals surface area contributed by atoms with Gasteiger partial charge in [0, 0.05) is 7.05 Å². The molecule has 3 rings (SSSR count). The molecule has 2 heterocycles. The van der Waals surface area contributed by atoms with E-state index in [0.29, 0.717) is 4.77 Å². The maximum atomic E-state index is 5.48. The van der Waals surface area contributed by atoms with Crippen molar-refractivity contribution in [3.63, 3.8) is 0 Å². The molecule has 5 heteroatoms. The molecule has 1 N–H and O–H groups in total. The first kappa shape index (κ1) is 12.2. The van der Waals surface area contributed by atoms with Gasteiger partial charge in [-0.1, -0.05) is 12.1 Å². The molecule has 0 bridgehead atoms. The van der Waals surface area contributed by atoms with E-state index in [4.69, 9.17) is 12.2 Å². The van der Waals surface area contributed by atoms with Crippen LogP contribution in [-0.4, -0.2) is 19.3 Å². The maximum absolute atomic E-state index is 5.48. The first-order chi connectivity index (χ1) is 9.00. The Morgan fingerprint density at radius 1 is 1.21 bits per heavy atom. The van der Waals surface area contributed by atoms with Gasteiger partial charge in [0.1, 0.15) is 5.52 Å². The lowest BCUT2D eigenvalue weighted by molar-refractivity contribution is 0.758. The number of H-pyrrole nitrogens is 1. The van der Waals surface area contributed by atoms with Crippen molar-refractivity contribution < 1.29 is 0 Å². The van der Waals surface area contributed by atoms with Crippen LogP contribution in [0.5, 0.6) is 0 Å². The second-order valence-electron chi connectivity index (χ2n) is 4.89. The quantitative estimate of drug-likeness (QED) is 0.690. The molecule has 0 saturated heterocycles. The predicted molar refractivity (Wildman–Crippen MR) is 79.4 cm³/mol. The Morgan fingerprint density at radius 2 is 1.95 bits per heavy atom. The minimum atomic E-state index is 0.708. The fourth-order valence-corrected chi connectivity index (χ4v) is 2.80. The van der Waals surface area contributed by atoms with Gasteiger partial charge in [-0.3, -0.25) is 4.57 Å². The van der Waals surface area contributed by atoms with E-state index in [2.05, 4.69) is 46.7 Å². The zero-order valence-corrected chi connectivity index (χ0v) is 12.3. The van der Waals surface area contributed by atoms with Crippen LogP contribution in [0.4, 0.5) is 0 Å². The number of hydrogen-bond acceptors (Lipinski definition) is 2. The summed E-state index contributed by atoms with van der Waals surface area (Å²) in [6.45, 7) is 6.22. The van der Waals surface area contributed by atoms with E-state index in [1.807, 2.05) is 18.7 Å². The molecule has 0 aliphatic rings. The summed E-state index contributed by atoms with van der Waals surface area (Å²) in [7, 11) is 1.94. The van der Waals surface area contributed by atoms with Gasteiger partial charge in [-0.2, -0.15) is 5.10 Å². The first-order valence-corrected chi connectivity index (χ1v) is 6.62. The van der Waals surface area contributed by atoms with Crippen LogP contribution in [0.3, 0.4) is 0 Å².